The maximum atomic E-state index is 5.73. The summed E-state index contributed by atoms with van der Waals surface area (Å²) in [5.74, 6) is 0. The third-order valence-electron chi connectivity index (χ3n) is 2.00. The van der Waals surface area contributed by atoms with E-state index in [1.54, 1.807) is 0 Å². The Hall–Kier alpha value is -0.920. The molecule has 0 fully saturated rings. The molecular weight excluding hydrogens is 136 g/mol. The molecule has 0 saturated carbocycles. The SMILES string of the molecule is CC/C(C)=C(C)\C(N)=C(/C)N. The van der Waals surface area contributed by atoms with Gasteiger partial charge in [0.25, 0.3) is 0 Å². The van der Waals surface area contributed by atoms with Crippen molar-refractivity contribution in [1.82, 2.24) is 0 Å². The molecule has 0 aromatic carbocycles. The Balaban J connectivity index is 4.75. The Bertz CT molecular complexity index is 196. The molecule has 0 aromatic heterocycles. The van der Waals surface area contributed by atoms with Gasteiger partial charge in [-0.15, -0.1) is 0 Å². The summed E-state index contributed by atoms with van der Waals surface area (Å²) >= 11 is 0. The minimum absolute atomic E-state index is 0.704. The van der Waals surface area contributed by atoms with Crippen LogP contribution in [0.3, 0.4) is 0 Å². The third-order valence-corrected chi connectivity index (χ3v) is 2.00. The van der Waals surface area contributed by atoms with E-state index >= 15 is 0 Å². The van der Waals surface area contributed by atoms with Crippen molar-refractivity contribution in [2.45, 2.75) is 34.1 Å². The predicted octanol–water partition coefficient (Wildman–Crippen LogP) is 1.88. The van der Waals surface area contributed by atoms with Gasteiger partial charge in [-0.2, -0.15) is 0 Å². The van der Waals surface area contributed by atoms with Crippen LogP contribution in [0.4, 0.5) is 0 Å². The standard InChI is InChI=1S/C9H18N2/c1-5-6(2)7(3)9(11)8(4)10/h5,10-11H2,1-4H3/b7-6-,9-8-. The fourth-order valence-electron chi connectivity index (χ4n) is 0.791. The Morgan fingerprint density at radius 2 is 1.55 bits per heavy atom. The van der Waals surface area contributed by atoms with Crippen molar-refractivity contribution < 1.29 is 0 Å². The Morgan fingerprint density at radius 1 is 1.09 bits per heavy atom. The van der Waals surface area contributed by atoms with Crippen molar-refractivity contribution in [3.63, 3.8) is 0 Å². The van der Waals surface area contributed by atoms with E-state index in [1.165, 1.54) is 5.57 Å². The molecule has 0 aliphatic rings. The van der Waals surface area contributed by atoms with Crippen molar-refractivity contribution in [2.24, 2.45) is 11.5 Å². The van der Waals surface area contributed by atoms with Crippen LogP contribution in [0.15, 0.2) is 22.5 Å². The van der Waals surface area contributed by atoms with Gasteiger partial charge in [-0.1, -0.05) is 12.5 Å². The van der Waals surface area contributed by atoms with E-state index < -0.39 is 0 Å². The highest BCUT2D eigenvalue weighted by atomic mass is 14.7. The van der Waals surface area contributed by atoms with Crippen molar-refractivity contribution in [3.8, 4) is 0 Å². The molecule has 0 aliphatic heterocycles. The molecule has 0 bridgehead atoms. The molecule has 0 amide bonds. The number of nitrogens with two attached hydrogens (primary N) is 2. The Labute approximate surface area is 69.0 Å². The number of hydrogen-bond donors (Lipinski definition) is 2. The van der Waals surface area contributed by atoms with Crippen LogP contribution in [-0.2, 0) is 0 Å². The summed E-state index contributed by atoms with van der Waals surface area (Å²) in [6.45, 7) is 8.01. The average molecular weight is 154 g/mol. The minimum Gasteiger partial charge on any atom is -0.401 e. The van der Waals surface area contributed by atoms with Gasteiger partial charge in [0.2, 0.25) is 0 Å². The lowest BCUT2D eigenvalue weighted by atomic mass is 10.1. The van der Waals surface area contributed by atoms with Crippen LogP contribution in [0.25, 0.3) is 0 Å². The van der Waals surface area contributed by atoms with Crippen LogP contribution < -0.4 is 11.5 Å². The molecule has 64 valence electrons. The van der Waals surface area contributed by atoms with Crippen molar-refractivity contribution in [3.05, 3.63) is 22.5 Å². The summed E-state index contributed by atoms with van der Waals surface area (Å²) in [7, 11) is 0. The van der Waals surface area contributed by atoms with Crippen LogP contribution in [0.2, 0.25) is 0 Å². The summed E-state index contributed by atoms with van der Waals surface area (Å²) in [4.78, 5) is 0. The number of allylic oxidation sites excluding steroid dienone is 3. The largest absolute Gasteiger partial charge is 0.401 e. The molecule has 2 nitrogen and oxygen atoms in total. The van der Waals surface area contributed by atoms with Crippen LogP contribution in [-0.4, -0.2) is 0 Å². The fraction of sp³-hybridized carbons (Fsp3) is 0.556. The first kappa shape index (κ1) is 10.1. The molecule has 0 aromatic rings. The summed E-state index contributed by atoms with van der Waals surface area (Å²) in [5.41, 5.74) is 15.1. The monoisotopic (exact) mass is 154 g/mol. The molecule has 0 aliphatic carbocycles. The molecule has 0 heterocycles. The van der Waals surface area contributed by atoms with Crippen LogP contribution >= 0.6 is 0 Å². The predicted molar refractivity (Wildman–Crippen MR) is 49.7 cm³/mol. The van der Waals surface area contributed by atoms with Gasteiger partial charge in [-0.3, -0.25) is 0 Å². The first-order valence-corrected chi connectivity index (χ1v) is 3.89. The molecule has 0 rings (SSSR count). The van der Waals surface area contributed by atoms with Gasteiger partial charge in [0.05, 0.1) is 5.70 Å². The van der Waals surface area contributed by atoms with Crippen molar-refractivity contribution in [1.29, 1.82) is 0 Å². The van der Waals surface area contributed by atoms with E-state index in [1.807, 2.05) is 13.8 Å². The summed E-state index contributed by atoms with van der Waals surface area (Å²) in [5, 5.41) is 0. The maximum absolute atomic E-state index is 5.73. The molecule has 0 saturated heterocycles. The van der Waals surface area contributed by atoms with Gasteiger partial charge in [0.15, 0.2) is 0 Å². The lowest BCUT2D eigenvalue weighted by molar-refractivity contribution is 1.03. The highest BCUT2D eigenvalue weighted by Crippen LogP contribution is 2.13. The second-order valence-electron chi connectivity index (χ2n) is 2.86. The zero-order chi connectivity index (χ0) is 9.02. The zero-order valence-electron chi connectivity index (χ0n) is 7.86. The summed E-state index contributed by atoms with van der Waals surface area (Å²) < 4.78 is 0. The lowest BCUT2D eigenvalue weighted by Gasteiger charge is -2.07. The summed E-state index contributed by atoms with van der Waals surface area (Å²) in [6, 6.07) is 0. The van der Waals surface area contributed by atoms with Crippen LogP contribution in [0.1, 0.15) is 34.1 Å². The van der Waals surface area contributed by atoms with Gasteiger partial charge in [-0.05, 0) is 32.8 Å². The van der Waals surface area contributed by atoms with E-state index in [0.29, 0.717) is 5.70 Å². The molecule has 0 spiro atoms. The topological polar surface area (TPSA) is 52.0 Å². The first-order chi connectivity index (χ1) is 5.00. The van der Waals surface area contributed by atoms with E-state index in [9.17, 15) is 0 Å². The smallest absolute Gasteiger partial charge is 0.0531 e. The molecule has 11 heavy (non-hydrogen) atoms. The second-order valence-corrected chi connectivity index (χ2v) is 2.86. The van der Waals surface area contributed by atoms with Gasteiger partial charge in [0.1, 0.15) is 0 Å². The van der Waals surface area contributed by atoms with E-state index in [2.05, 4.69) is 13.8 Å². The first-order valence-electron chi connectivity index (χ1n) is 3.89. The normalized spacial score (nSPS) is 15.6. The minimum atomic E-state index is 0.704. The van der Waals surface area contributed by atoms with E-state index in [-0.39, 0.29) is 0 Å². The molecule has 0 atom stereocenters. The third kappa shape index (κ3) is 2.66. The molecule has 4 N–H and O–H groups in total. The van der Waals surface area contributed by atoms with Gasteiger partial charge < -0.3 is 11.5 Å². The second kappa shape index (κ2) is 4.06. The highest BCUT2D eigenvalue weighted by molar-refractivity contribution is 5.32. The van der Waals surface area contributed by atoms with Crippen molar-refractivity contribution in [2.75, 3.05) is 0 Å². The Morgan fingerprint density at radius 3 is 1.82 bits per heavy atom. The zero-order valence-corrected chi connectivity index (χ0v) is 7.86. The van der Waals surface area contributed by atoms with Gasteiger partial charge >= 0.3 is 0 Å². The highest BCUT2D eigenvalue weighted by Gasteiger charge is 1.99. The van der Waals surface area contributed by atoms with Gasteiger partial charge in [-0.25, -0.2) is 0 Å². The Kier molecular flexibility index (Phi) is 3.72. The van der Waals surface area contributed by atoms with E-state index in [4.69, 9.17) is 11.5 Å². The number of rotatable bonds is 2. The average Bonchev–Trinajstić information content (AvgIpc) is 2.00. The summed E-state index contributed by atoms with van der Waals surface area (Å²) in [6.07, 6.45) is 1.03. The van der Waals surface area contributed by atoms with Gasteiger partial charge in [0, 0.05) is 5.70 Å². The molecule has 2 heteroatoms. The number of hydrogen-bond acceptors (Lipinski definition) is 2. The lowest BCUT2D eigenvalue weighted by Crippen LogP contribution is -2.09. The van der Waals surface area contributed by atoms with Crippen LogP contribution in [0.5, 0.6) is 0 Å². The maximum Gasteiger partial charge on any atom is 0.0531 e. The quantitative estimate of drug-likeness (QED) is 0.597. The van der Waals surface area contributed by atoms with E-state index in [0.717, 1.165) is 17.7 Å². The van der Waals surface area contributed by atoms with Crippen LogP contribution in [0, 0.1) is 0 Å². The van der Waals surface area contributed by atoms with Crippen molar-refractivity contribution >= 4 is 0 Å². The molecule has 0 radical (unpaired) electrons. The molecule has 0 unspecified atom stereocenters. The fourth-order valence-corrected chi connectivity index (χ4v) is 0.791. The molecular formula is C9H18N2.